The number of rotatable bonds is 38. The summed E-state index contributed by atoms with van der Waals surface area (Å²) in [7, 11) is -10.7. The van der Waals surface area contributed by atoms with Gasteiger partial charge in [-0.15, -0.1) is 0 Å². The van der Waals surface area contributed by atoms with Gasteiger partial charge in [-0.1, -0.05) is 148 Å². The Labute approximate surface area is 358 Å². The molecule has 0 aromatic heterocycles. The van der Waals surface area contributed by atoms with Crippen molar-refractivity contribution in [3.05, 3.63) is 0 Å². The molecule has 0 amide bonds. The van der Waals surface area contributed by atoms with Gasteiger partial charge in [0, 0.05) is 12.8 Å². The van der Waals surface area contributed by atoms with Crippen LogP contribution < -0.4 is 0 Å². The van der Waals surface area contributed by atoms with Gasteiger partial charge in [-0.25, -0.2) is 9.13 Å². The van der Waals surface area contributed by atoms with E-state index >= 15 is 0 Å². The zero-order valence-electron chi connectivity index (χ0n) is 35.4. The van der Waals surface area contributed by atoms with Gasteiger partial charge in [0.25, 0.3) is 0 Å². The quantitative estimate of drug-likeness (QED) is 0.0130. The Balaban J connectivity index is 2.61. The first kappa shape index (κ1) is 56.4. The molecule has 7 N–H and O–H groups in total. The van der Waals surface area contributed by atoms with Gasteiger partial charge in [-0.2, -0.15) is 12.6 Å². The highest BCUT2D eigenvalue weighted by atomic mass is 32.1. The van der Waals surface area contributed by atoms with Crippen LogP contribution in [0.2, 0.25) is 0 Å². The van der Waals surface area contributed by atoms with Crippen LogP contribution in [0.25, 0.3) is 0 Å². The summed E-state index contributed by atoms with van der Waals surface area (Å²) in [5, 5.41) is 41.1. The van der Waals surface area contributed by atoms with Crippen molar-refractivity contribution < 1.29 is 76.9 Å². The van der Waals surface area contributed by atoms with E-state index in [9.17, 15) is 44.0 Å². The molecule has 1 aliphatic rings. The SMILES string of the molecule is CCCCCCCCCCCCCCCC(=O)O[C@H](COC(=O)CCCCCCCCCCCCCCS)COP(=O)(O)OC1C(O)[C@H](O)C(O)[C@H](OP(=O)(O)O)[C@@H]1O. The molecular weight excluding hydrogens is 830 g/mol. The molecule has 4 unspecified atom stereocenters. The number of hydrogen-bond acceptors (Lipinski definition) is 14. The van der Waals surface area contributed by atoms with E-state index in [4.69, 9.17) is 28.3 Å². The monoisotopic (exact) mass is 908 g/mol. The van der Waals surface area contributed by atoms with Gasteiger partial charge in [-0.05, 0) is 25.0 Å². The van der Waals surface area contributed by atoms with E-state index < -0.39 is 83.5 Å². The fourth-order valence-electron chi connectivity index (χ4n) is 7.01. The van der Waals surface area contributed by atoms with Crippen LogP contribution in [0, 0.1) is 0 Å². The van der Waals surface area contributed by atoms with E-state index in [0.717, 1.165) is 57.1 Å². The van der Waals surface area contributed by atoms with E-state index in [2.05, 4.69) is 24.1 Å². The minimum Gasteiger partial charge on any atom is -0.462 e. The van der Waals surface area contributed by atoms with Gasteiger partial charge in [-0.3, -0.25) is 23.2 Å². The summed E-state index contributed by atoms with van der Waals surface area (Å²) >= 11 is 4.24. The predicted molar refractivity (Wildman–Crippen MR) is 227 cm³/mol. The Morgan fingerprint density at radius 1 is 0.525 bits per heavy atom. The van der Waals surface area contributed by atoms with E-state index in [1.807, 2.05) is 0 Å². The molecule has 0 radical (unpaired) electrons. The molecule has 0 aromatic rings. The molecule has 8 atom stereocenters. The zero-order chi connectivity index (χ0) is 43.9. The first-order valence-corrected chi connectivity index (χ1v) is 25.9. The number of aliphatic hydroxyl groups is 4. The molecule has 1 saturated carbocycles. The third-order valence-corrected chi connectivity index (χ3v) is 12.3. The van der Waals surface area contributed by atoms with Crippen LogP contribution in [-0.2, 0) is 41.8 Å². The molecule has 0 aromatic carbocycles. The zero-order valence-corrected chi connectivity index (χ0v) is 38.1. The van der Waals surface area contributed by atoms with Gasteiger partial charge < -0.3 is 44.6 Å². The van der Waals surface area contributed by atoms with Crippen molar-refractivity contribution in [2.75, 3.05) is 19.0 Å². The van der Waals surface area contributed by atoms with Crippen molar-refractivity contribution in [1.82, 2.24) is 0 Å². The summed E-state index contributed by atoms with van der Waals surface area (Å²) in [5.41, 5.74) is 0. The van der Waals surface area contributed by atoms with Gasteiger partial charge in [0.1, 0.15) is 43.2 Å². The van der Waals surface area contributed by atoms with Crippen LogP contribution in [0.3, 0.4) is 0 Å². The third-order valence-electron chi connectivity index (χ3n) is 10.5. The first-order chi connectivity index (χ1) is 28.1. The molecule has 16 nitrogen and oxygen atoms in total. The first-order valence-electron chi connectivity index (χ1n) is 22.2. The smallest absolute Gasteiger partial charge is 0.462 e. The van der Waals surface area contributed by atoms with Crippen LogP contribution >= 0.6 is 28.3 Å². The van der Waals surface area contributed by atoms with Crippen molar-refractivity contribution in [1.29, 1.82) is 0 Å². The molecule has 0 bridgehead atoms. The van der Waals surface area contributed by atoms with Crippen LogP contribution in [-0.4, -0.2) is 109 Å². The average Bonchev–Trinajstić information content (AvgIpc) is 3.18. The second-order valence-corrected chi connectivity index (χ2v) is 18.9. The Bertz CT molecular complexity index is 1180. The summed E-state index contributed by atoms with van der Waals surface area (Å²) in [6.45, 7) is 0.881. The summed E-state index contributed by atoms with van der Waals surface area (Å²) < 4.78 is 49.3. The van der Waals surface area contributed by atoms with Crippen LogP contribution in [0.1, 0.15) is 180 Å². The van der Waals surface area contributed by atoms with Gasteiger partial charge in [0.05, 0.1) is 6.61 Å². The topological polar surface area (TPSA) is 256 Å². The molecule has 0 aliphatic heterocycles. The minimum absolute atomic E-state index is 0.0491. The van der Waals surface area contributed by atoms with Gasteiger partial charge in [0.2, 0.25) is 0 Å². The fraction of sp³-hybridized carbons (Fsp3) is 0.950. The molecule has 1 aliphatic carbocycles. The number of ether oxygens (including phenoxy) is 2. The van der Waals surface area contributed by atoms with E-state index in [0.29, 0.717) is 12.8 Å². The average molecular weight is 909 g/mol. The van der Waals surface area contributed by atoms with Crippen molar-refractivity contribution in [2.45, 2.75) is 223 Å². The maximum atomic E-state index is 12.9. The summed E-state index contributed by atoms with van der Waals surface area (Å²) in [5.74, 6) is -0.254. The Hall–Kier alpha value is -0.650. The van der Waals surface area contributed by atoms with Crippen molar-refractivity contribution >= 4 is 40.2 Å². The molecule has 0 heterocycles. The molecule has 350 valence electrons. The lowest BCUT2D eigenvalue weighted by Crippen LogP contribution is -2.64. The standard InChI is InChI=1S/C40H78O16P2S/c1-2-3-4-5-6-7-8-9-13-16-19-22-25-28-34(42)54-32(30-52-33(41)27-24-21-18-15-12-10-11-14-17-20-23-26-29-59)31-53-58(50,51)56-40-37(45)35(43)36(44)39(38(40)46)55-57(47,48)49/h32,35-40,43-46,59H,2-31H2,1H3,(H,50,51)(H2,47,48,49)/t32-,35-,36?,37?,38+,39+,40?/m1/s1. The fourth-order valence-corrected chi connectivity index (χ4v) is 8.77. The van der Waals surface area contributed by atoms with Crippen molar-refractivity contribution in [3.8, 4) is 0 Å². The van der Waals surface area contributed by atoms with E-state index in [-0.39, 0.29) is 12.8 Å². The van der Waals surface area contributed by atoms with Crippen LogP contribution in [0.15, 0.2) is 0 Å². The number of phosphoric acid groups is 2. The highest BCUT2D eigenvalue weighted by molar-refractivity contribution is 7.80. The lowest BCUT2D eigenvalue weighted by Gasteiger charge is -2.43. The number of carbonyl (C=O) groups is 2. The maximum absolute atomic E-state index is 12.9. The van der Waals surface area contributed by atoms with Crippen LogP contribution in [0.4, 0.5) is 0 Å². The maximum Gasteiger partial charge on any atom is 0.472 e. The number of thiol groups is 1. The third kappa shape index (κ3) is 28.6. The van der Waals surface area contributed by atoms with Crippen molar-refractivity contribution in [3.63, 3.8) is 0 Å². The molecule has 0 saturated heterocycles. The Morgan fingerprint density at radius 3 is 1.34 bits per heavy atom. The Morgan fingerprint density at radius 2 is 0.915 bits per heavy atom. The second-order valence-electron chi connectivity index (χ2n) is 15.9. The number of aliphatic hydroxyl groups excluding tert-OH is 4. The lowest BCUT2D eigenvalue weighted by atomic mass is 9.85. The molecule has 1 rings (SSSR count). The molecule has 1 fully saturated rings. The molecule has 19 heteroatoms. The van der Waals surface area contributed by atoms with Gasteiger partial charge in [0.15, 0.2) is 6.10 Å². The summed E-state index contributed by atoms with van der Waals surface area (Å²) in [4.78, 5) is 54.1. The molecule has 59 heavy (non-hydrogen) atoms. The number of unbranched alkanes of at least 4 members (excludes halogenated alkanes) is 23. The van der Waals surface area contributed by atoms with Crippen LogP contribution in [0.5, 0.6) is 0 Å². The Kier molecular flexibility index (Phi) is 32.3. The molecular formula is C40H78O16P2S. The highest BCUT2D eigenvalue weighted by Crippen LogP contribution is 2.49. The summed E-state index contributed by atoms with van der Waals surface area (Å²) in [6, 6.07) is 0. The summed E-state index contributed by atoms with van der Waals surface area (Å²) in [6.07, 6.45) is 13.3. The van der Waals surface area contributed by atoms with Gasteiger partial charge >= 0.3 is 27.6 Å². The number of carbonyl (C=O) groups excluding carboxylic acids is 2. The number of hydrogen-bond donors (Lipinski definition) is 8. The number of esters is 2. The number of phosphoric ester groups is 2. The highest BCUT2D eigenvalue weighted by Gasteiger charge is 2.54. The van der Waals surface area contributed by atoms with Crippen molar-refractivity contribution in [2.24, 2.45) is 0 Å². The normalized spacial score (nSPS) is 22.5. The predicted octanol–water partition coefficient (Wildman–Crippen LogP) is 7.36. The second kappa shape index (κ2) is 33.8. The van der Waals surface area contributed by atoms with E-state index in [1.54, 1.807) is 0 Å². The largest absolute Gasteiger partial charge is 0.472 e. The molecule has 0 spiro atoms. The lowest BCUT2D eigenvalue weighted by molar-refractivity contribution is -0.216. The van der Waals surface area contributed by atoms with E-state index in [1.165, 1.54) is 96.3 Å². The minimum atomic E-state index is -5.36.